The van der Waals surface area contributed by atoms with E-state index >= 15 is 0 Å². The van der Waals surface area contributed by atoms with Crippen molar-refractivity contribution in [2.24, 2.45) is 10.9 Å². The summed E-state index contributed by atoms with van der Waals surface area (Å²) in [4.78, 5) is 32.4. The quantitative estimate of drug-likeness (QED) is 0.121. The maximum atomic E-state index is 12.9. The third kappa shape index (κ3) is 9.91. The third-order valence-corrected chi connectivity index (χ3v) is 8.73. The topological polar surface area (TPSA) is 107 Å². The zero-order chi connectivity index (χ0) is 34.5. The highest BCUT2D eigenvalue weighted by Gasteiger charge is 2.22. The summed E-state index contributed by atoms with van der Waals surface area (Å²) in [6.45, 7) is 20.6. The van der Waals surface area contributed by atoms with Gasteiger partial charge >= 0.3 is 0 Å². The highest BCUT2D eigenvalue weighted by molar-refractivity contribution is 6.04. The Balaban J connectivity index is 0.00000294. The monoisotopic (exact) mass is 642 g/mol. The van der Waals surface area contributed by atoms with E-state index < -0.39 is 0 Å². The molecule has 254 valence electrons. The summed E-state index contributed by atoms with van der Waals surface area (Å²) in [7, 11) is 0. The molecule has 1 aromatic heterocycles. The molecule has 2 aliphatic rings. The molecule has 8 heteroatoms. The molecule has 4 rings (SSSR count). The number of phenolic OH excluding ortho intramolecular Hbond substituents is 1. The number of carbonyl (C=O) groups is 1. The molecule has 0 atom stereocenters. The fourth-order valence-electron chi connectivity index (χ4n) is 6.14. The van der Waals surface area contributed by atoms with Crippen LogP contribution in [0.25, 0.3) is 5.57 Å². The number of phenols is 1. The van der Waals surface area contributed by atoms with Crippen molar-refractivity contribution >= 4 is 28.6 Å². The van der Waals surface area contributed by atoms with Crippen molar-refractivity contribution in [3.05, 3.63) is 93.2 Å². The minimum Gasteiger partial charge on any atom is -0.507 e. The van der Waals surface area contributed by atoms with Crippen molar-refractivity contribution < 1.29 is 14.3 Å². The van der Waals surface area contributed by atoms with Crippen LogP contribution in [0, 0.1) is 12.8 Å². The van der Waals surface area contributed by atoms with Crippen molar-refractivity contribution in [3.8, 4) is 5.75 Å². The number of piperazine rings is 1. The number of benzene rings is 1. The van der Waals surface area contributed by atoms with Gasteiger partial charge in [-0.1, -0.05) is 65.2 Å². The number of hydrogen-bond acceptors (Lipinski definition) is 8. The van der Waals surface area contributed by atoms with E-state index in [9.17, 15) is 14.7 Å². The van der Waals surface area contributed by atoms with Gasteiger partial charge in [0.2, 0.25) is 0 Å². The van der Waals surface area contributed by atoms with Crippen LogP contribution in [0.2, 0.25) is 0 Å². The molecule has 2 heterocycles. The smallest absolute Gasteiger partial charge is 0.200 e. The molecule has 0 bridgehead atoms. The number of rotatable bonds is 12. The van der Waals surface area contributed by atoms with E-state index in [2.05, 4.69) is 27.1 Å². The molecular formula is C39H54N4O4. The van der Waals surface area contributed by atoms with Crippen molar-refractivity contribution in [3.63, 3.8) is 0 Å². The van der Waals surface area contributed by atoms with Gasteiger partial charge in [-0.25, -0.2) is 4.99 Å². The number of ketones is 1. The average molecular weight is 643 g/mol. The first-order chi connectivity index (χ1) is 22.6. The number of aliphatic imine (C=N–C) groups is 1. The van der Waals surface area contributed by atoms with Gasteiger partial charge in [-0.2, -0.15) is 0 Å². The van der Waals surface area contributed by atoms with Gasteiger partial charge in [0.15, 0.2) is 17.1 Å². The van der Waals surface area contributed by atoms with Gasteiger partial charge in [-0.05, 0) is 69.4 Å². The molecule has 1 saturated heterocycles. The lowest BCUT2D eigenvalue weighted by Crippen LogP contribution is -2.43. The van der Waals surface area contributed by atoms with E-state index in [0.717, 1.165) is 49.5 Å². The number of Topliss-reactive ketones (excluding diaryl/α,β-unsaturated/α-hetero) is 1. The fourth-order valence-corrected chi connectivity index (χ4v) is 6.14. The zero-order valence-corrected chi connectivity index (χ0v) is 29.5. The van der Waals surface area contributed by atoms with E-state index in [-0.39, 0.29) is 17.0 Å². The zero-order valence-electron chi connectivity index (χ0n) is 29.5. The second-order valence-electron chi connectivity index (χ2n) is 11.9. The Labute approximate surface area is 281 Å². The van der Waals surface area contributed by atoms with Gasteiger partial charge in [0.1, 0.15) is 17.3 Å². The standard InChI is InChI=1S/C37H48N4O4.C2H6/c1-7-28(21-29(33(42)9-3)20-27-12-10-11-13-27)25(5)39-26(6)40-30-14-15-32(35(44)22-30)31(8-2)37-24(4)34(43)23-36(45-37)41-18-16-38-17-19-41;1-2/h7-8,14-15,21-23,27,38,40,44H,6,9-13,16-20H2,1-5H3;1-2H3/b28-7-,29-21+,31-8-,39-25-;. The van der Waals surface area contributed by atoms with Crippen LogP contribution in [-0.4, -0.2) is 42.8 Å². The van der Waals surface area contributed by atoms with E-state index in [4.69, 9.17) is 4.42 Å². The molecule has 47 heavy (non-hydrogen) atoms. The second kappa shape index (κ2) is 18.2. The second-order valence-corrected chi connectivity index (χ2v) is 11.9. The Morgan fingerprint density at radius 2 is 1.83 bits per heavy atom. The lowest BCUT2D eigenvalue weighted by atomic mass is 9.92. The predicted molar refractivity (Wildman–Crippen MR) is 197 cm³/mol. The van der Waals surface area contributed by atoms with Crippen LogP contribution >= 0.6 is 0 Å². The van der Waals surface area contributed by atoms with Crippen LogP contribution in [0.5, 0.6) is 5.75 Å². The molecule has 2 fully saturated rings. The first-order valence-corrected chi connectivity index (χ1v) is 17.2. The Morgan fingerprint density at radius 1 is 1.15 bits per heavy atom. The molecule has 1 aliphatic carbocycles. The van der Waals surface area contributed by atoms with Crippen LogP contribution in [0.4, 0.5) is 11.6 Å². The van der Waals surface area contributed by atoms with E-state index in [1.807, 2.05) is 65.8 Å². The summed E-state index contributed by atoms with van der Waals surface area (Å²) >= 11 is 0. The van der Waals surface area contributed by atoms with Crippen LogP contribution in [0.1, 0.15) is 97.0 Å². The highest BCUT2D eigenvalue weighted by Crippen LogP contribution is 2.35. The van der Waals surface area contributed by atoms with Crippen LogP contribution < -0.4 is 21.0 Å². The summed E-state index contributed by atoms with van der Waals surface area (Å²) in [6.07, 6.45) is 12.0. The van der Waals surface area contributed by atoms with Gasteiger partial charge < -0.3 is 25.1 Å². The van der Waals surface area contributed by atoms with Crippen LogP contribution in [0.15, 0.2) is 80.2 Å². The lowest BCUT2D eigenvalue weighted by molar-refractivity contribution is -0.115. The number of nitrogens with one attached hydrogen (secondary N) is 2. The number of allylic oxidation sites excluding steroid dienone is 5. The lowest BCUT2D eigenvalue weighted by Gasteiger charge is -2.28. The summed E-state index contributed by atoms with van der Waals surface area (Å²) in [5.41, 5.74) is 4.69. The molecule has 1 saturated carbocycles. The van der Waals surface area contributed by atoms with Gasteiger partial charge in [-0.15, -0.1) is 0 Å². The molecule has 1 aliphatic heterocycles. The van der Waals surface area contributed by atoms with Crippen molar-refractivity contribution in [2.75, 3.05) is 36.4 Å². The molecule has 0 amide bonds. The minimum atomic E-state index is -0.105. The van der Waals surface area contributed by atoms with Crippen LogP contribution in [0.3, 0.4) is 0 Å². The maximum absolute atomic E-state index is 12.9. The van der Waals surface area contributed by atoms with Crippen molar-refractivity contribution in [2.45, 2.75) is 87.0 Å². The molecule has 0 unspecified atom stereocenters. The molecule has 0 spiro atoms. The first-order valence-electron chi connectivity index (χ1n) is 17.2. The van der Waals surface area contributed by atoms with Gasteiger partial charge in [-0.3, -0.25) is 9.59 Å². The summed E-state index contributed by atoms with van der Waals surface area (Å²) in [5.74, 6) is 2.18. The largest absolute Gasteiger partial charge is 0.507 e. The first kappa shape index (κ1) is 37.3. The Morgan fingerprint density at radius 3 is 2.43 bits per heavy atom. The SMILES string of the molecule is C=C(\N=C(C)/C(=C\C)/C=C(\CC1CCCC1)C(=O)CC)Nc1ccc(/C(=C/C)c2oc(N3CCNCC3)cc(=O)c2C)c(O)c1.CC. The maximum Gasteiger partial charge on any atom is 0.200 e. The van der Waals surface area contributed by atoms with Gasteiger partial charge in [0.25, 0.3) is 0 Å². The Kier molecular flexibility index (Phi) is 14.5. The van der Waals surface area contributed by atoms with Crippen LogP contribution in [-0.2, 0) is 4.79 Å². The normalized spacial score (nSPS) is 16.5. The molecule has 1 aromatic carbocycles. The average Bonchev–Trinajstić information content (AvgIpc) is 3.60. The predicted octanol–water partition coefficient (Wildman–Crippen LogP) is 8.32. The van der Waals surface area contributed by atoms with Crippen molar-refractivity contribution in [1.29, 1.82) is 0 Å². The molecule has 3 N–H and O–H groups in total. The Bertz CT molecular complexity index is 1580. The Hall–Kier alpha value is -4.17. The van der Waals surface area contributed by atoms with Gasteiger partial charge in [0.05, 0.1) is 0 Å². The molecule has 0 radical (unpaired) electrons. The third-order valence-electron chi connectivity index (χ3n) is 8.73. The van der Waals surface area contributed by atoms with Crippen molar-refractivity contribution in [1.82, 2.24) is 5.32 Å². The number of anilines is 2. The summed E-state index contributed by atoms with van der Waals surface area (Å²) in [5, 5.41) is 17.6. The number of hydrogen-bond donors (Lipinski definition) is 3. The number of nitrogens with zero attached hydrogens (tertiary/aromatic N) is 2. The summed E-state index contributed by atoms with van der Waals surface area (Å²) < 4.78 is 6.29. The van der Waals surface area contributed by atoms with E-state index in [1.54, 1.807) is 25.1 Å². The van der Waals surface area contributed by atoms with Gasteiger partial charge in [0, 0.05) is 72.8 Å². The van der Waals surface area contributed by atoms with E-state index in [0.29, 0.717) is 52.2 Å². The highest BCUT2D eigenvalue weighted by atomic mass is 16.4. The minimum absolute atomic E-state index is 0.0305. The number of aromatic hydroxyl groups is 1. The number of carbonyl (C=O) groups excluding carboxylic acids is 1. The summed E-state index contributed by atoms with van der Waals surface area (Å²) in [6, 6.07) is 6.78. The molecule has 2 aromatic rings. The van der Waals surface area contributed by atoms with E-state index in [1.165, 1.54) is 25.7 Å². The molecule has 8 nitrogen and oxygen atoms in total. The molecular weight excluding hydrogens is 588 g/mol. The fraction of sp³-hybridized carbons (Fsp3) is 0.462.